The number of hydrogen-bond donors (Lipinski definition) is 3. The van der Waals surface area contributed by atoms with E-state index >= 15 is 0 Å². The molecule has 2 rings (SSSR count). The van der Waals surface area contributed by atoms with Gasteiger partial charge in [-0.25, -0.2) is 0 Å². The maximum atomic E-state index is 9.66. The highest BCUT2D eigenvalue weighted by atomic mass is 16.3. The monoisotopic (exact) mass is 193 g/mol. The number of hydrogen-bond acceptors (Lipinski definition) is 3. The Morgan fingerprint density at radius 1 is 1.29 bits per heavy atom. The zero-order valence-corrected chi connectivity index (χ0v) is 8.03. The highest BCUT2D eigenvalue weighted by Crippen LogP contribution is 2.34. The molecule has 3 nitrogen and oxygen atoms in total. The third-order valence-corrected chi connectivity index (χ3v) is 2.84. The van der Waals surface area contributed by atoms with E-state index in [0.29, 0.717) is 0 Å². The molecule has 1 aliphatic rings. The van der Waals surface area contributed by atoms with Crippen LogP contribution in [0.4, 0.5) is 0 Å². The fourth-order valence-electron chi connectivity index (χ4n) is 2.06. The van der Waals surface area contributed by atoms with Crippen molar-refractivity contribution in [2.75, 3.05) is 0 Å². The Hall–Kier alpha value is -1.22. The summed E-state index contributed by atoms with van der Waals surface area (Å²) in [6, 6.07) is 3.57. The van der Waals surface area contributed by atoms with E-state index < -0.39 is 0 Å². The summed E-state index contributed by atoms with van der Waals surface area (Å²) < 4.78 is 0. The van der Waals surface area contributed by atoms with E-state index in [2.05, 4.69) is 0 Å². The summed E-state index contributed by atoms with van der Waals surface area (Å²) in [5.41, 5.74) is 7.84. The molecule has 14 heavy (non-hydrogen) atoms. The molecule has 0 radical (unpaired) electrons. The maximum absolute atomic E-state index is 9.66. The fourth-order valence-corrected chi connectivity index (χ4v) is 2.06. The Morgan fingerprint density at radius 2 is 2.07 bits per heavy atom. The molecule has 1 aromatic carbocycles. The molecule has 0 amide bonds. The highest BCUT2D eigenvalue weighted by molar-refractivity contribution is 5.49. The highest BCUT2D eigenvalue weighted by Gasteiger charge is 2.17. The second-order valence-corrected chi connectivity index (χ2v) is 3.93. The van der Waals surface area contributed by atoms with E-state index in [9.17, 15) is 10.2 Å². The van der Waals surface area contributed by atoms with E-state index in [1.807, 2.05) is 6.07 Å². The molecule has 0 spiro atoms. The Kier molecular flexibility index (Phi) is 2.33. The van der Waals surface area contributed by atoms with Crippen LogP contribution in [0.15, 0.2) is 12.1 Å². The number of phenols is 2. The largest absolute Gasteiger partial charge is 0.504 e. The average molecular weight is 193 g/mol. The van der Waals surface area contributed by atoms with Gasteiger partial charge >= 0.3 is 0 Å². The standard InChI is InChI=1S/C11H15NO2/c12-8-2-1-3-9-7(6-8)4-5-10(13)11(9)14/h4-5,8,13-14H,1-3,6,12H2. The fraction of sp³-hybridized carbons (Fsp3) is 0.455. The molecule has 76 valence electrons. The predicted molar refractivity (Wildman–Crippen MR) is 54.4 cm³/mol. The Balaban J connectivity index is 2.45. The van der Waals surface area contributed by atoms with Crippen LogP contribution < -0.4 is 5.73 Å². The molecule has 1 atom stereocenters. The van der Waals surface area contributed by atoms with Crippen LogP contribution in [0.2, 0.25) is 0 Å². The molecule has 1 aliphatic carbocycles. The Morgan fingerprint density at radius 3 is 2.86 bits per heavy atom. The van der Waals surface area contributed by atoms with Gasteiger partial charge in [-0.1, -0.05) is 6.07 Å². The number of phenolic OH excluding ortho intramolecular Hbond substituents is 2. The lowest BCUT2D eigenvalue weighted by Gasteiger charge is -2.10. The van der Waals surface area contributed by atoms with Crippen LogP contribution in [0.5, 0.6) is 11.5 Å². The van der Waals surface area contributed by atoms with Gasteiger partial charge in [0.1, 0.15) is 0 Å². The van der Waals surface area contributed by atoms with Gasteiger partial charge in [0.05, 0.1) is 0 Å². The van der Waals surface area contributed by atoms with Crippen LogP contribution in [0, 0.1) is 0 Å². The molecule has 0 bridgehead atoms. The predicted octanol–water partition coefficient (Wildman–Crippen LogP) is 1.30. The van der Waals surface area contributed by atoms with Crippen molar-refractivity contribution in [3.63, 3.8) is 0 Å². The van der Waals surface area contributed by atoms with E-state index in [4.69, 9.17) is 5.73 Å². The lowest BCUT2D eigenvalue weighted by Crippen LogP contribution is -2.21. The summed E-state index contributed by atoms with van der Waals surface area (Å²) in [6.45, 7) is 0. The summed E-state index contributed by atoms with van der Waals surface area (Å²) in [5.74, 6) is 0.0100. The zero-order chi connectivity index (χ0) is 10.1. The van der Waals surface area contributed by atoms with Crippen molar-refractivity contribution < 1.29 is 10.2 Å². The van der Waals surface area contributed by atoms with Gasteiger partial charge in [-0.3, -0.25) is 0 Å². The number of nitrogens with two attached hydrogens (primary N) is 1. The van der Waals surface area contributed by atoms with Gasteiger partial charge in [0.25, 0.3) is 0 Å². The molecule has 3 heteroatoms. The van der Waals surface area contributed by atoms with Crippen molar-refractivity contribution in [1.29, 1.82) is 0 Å². The Bertz CT molecular complexity index is 349. The summed E-state index contributed by atoms with van der Waals surface area (Å²) >= 11 is 0. The second kappa shape index (κ2) is 3.50. The van der Waals surface area contributed by atoms with Gasteiger partial charge in [0.2, 0.25) is 0 Å². The van der Waals surface area contributed by atoms with Crippen LogP contribution in [0.25, 0.3) is 0 Å². The molecule has 0 aliphatic heterocycles. The molecule has 0 aromatic heterocycles. The molecule has 0 heterocycles. The first-order valence-electron chi connectivity index (χ1n) is 4.96. The molecule has 1 aromatic rings. The maximum Gasteiger partial charge on any atom is 0.160 e. The van der Waals surface area contributed by atoms with Crippen molar-refractivity contribution in [2.45, 2.75) is 31.7 Å². The van der Waals surface area contributed by atoms with Crippen LogP contribution in [-0.2, 0) is 12.8 Å². The molecular formula is C11H15NO2. The van der Waals surface area contributed by atoms with Crippen molar-refractivity contribution in [1.82, 2.24) is 0 Å². The minimum atomic E-state index is -0.0285. The van der Waals surface area contributed by atoms with Crippen molar-refractivity contribution in [2.24, 2.45) is 5.73 Å². The average Bonchev–Trinajstić information content (AvgIpc) is 2.34. The van der Waals surface area contributed by atoms with Crippen molar-refractivity contribution >= 4 is 0 Å². The van der Waals surface area contributed by atoms with Gasteiger partial charge < -0.3 is 15.9 Å². The number of benzene rings is 1. The first-order chi connectivity index (χ1) is 6.68. The van der Waals surface area contributed by atoms with Gasteiger partial charge in [0.15, 0.2) is 11.5 Å². The summed E-state index contributed by atoms with van der Waals surface area (Å²) in [4.78, 5) is 0. The van der Waals surface area contributed by atoms with Crippen LogP contribution in [0.1, 0.15) is 24.0 Å². The summed E-state index contributed by atoms with van der Waals surface area (Å²) in [6.07, 6.45) is 3.56. The van der Waals surface area contributed by atoms with E-state index in [1.54, 1.807) is 0 Å². The van der Waals surface area contributed by atoms with Gasteiger partial charge in [-0.15, -0.1) is 0 Å². The lowest BCUT2D eigenvalue weighted by atomic mass is 10.0. The minimum Gasteiger partial charge on any atom is -0.504 e. The number of fused-ring (bicyclic) bond motifs is 1. The van der Waals surface area contributed by atoms with E-state index in [1.165, 1.54) is 6.07 Å². The zero-order valence-electron chi connectivity index (χ0n) is 8.03. The minimum absolute atomic E-state index is 0.0285. The third-order valence-electron chi connectivity index (χ3n) is 2.84. The summed E-state index contributed by atoms with van der Waals surface area (Å²) in [5, 5.41) is 19.0. The molecule has 4 N–H and O–H groups in total. The lowest BCUT2D eigenvalue weighted by molar-refractivity contribution is 0.398. The van der Waals surface area contributed by atoms with Crippen LogP contribution in [-0.4, -0.2) is 16.3 Å². The third kappa shape index (κ3) is 1.55. The normalized spacial score (nSPS) is 21.4. The van der Waals surface area contributed by atoms with Crippen molar-refractivity contribution in [3.05, 3.63) is 23.3 Å². The van der Waals surface area contributed by atoms with Crippen LogP contribution >= 0.6 is 0 Å². The molecule has 1 unspecified atom stereocenters. The second-order valence-electron chi connectivity index (χ2n) is 3.93. The smallest absolute Gasteiger partial charge is 0.160 e. The molecule has 0 saturated carbocycles. The molecule has 0 saturated heterocycles. The van der Waals surface area contributed by atoms with Gasteiger partial charge in [-0.05, 0) is 37.3 Å². The Labute approximate surface area is 83.2 Å². The van der Waals surface area contributed by atoms with E-state index in [0.717, 1.165) is 36.8 Å². The first-order valence-corrected chi connectivity index (χ1v) is 4.96. The molecular weight excluding hydrogens is 178 g/mol. The number of rotatable bonds is 0. The first kappa shape index (κ1) is 9.34. The molecule has 0 fully saturated rings. The van der Waals surface area contributed by atoms with Gasteiger partial charge in [0, 0.05) is 11.6 Å². The van der Waals surface area contributed by atoms with E-state index in [-0.39, 0.29) is 17.5 Å². The number of aromatic hydroxyl groups is 2. The topological polar surface area (TPSA) is 66.5 Å². The quantitative estimate of drug-likeness (QED) is 0.430. The summed E-state index contributed by atoms with van der Waals surface area (Å²) in [7, 11) is 0. The van der Waals surface area contributed by atoms with Gasteiger partial charge in [-0.2, -0.15) is 0 Å². The SMILES string of the molecule is NC1CCCc2c(ccc(O)c2O)C1. The van der Waals surface area contributed by atoms with Crippen LogP contribution in [0.3, 0.4) is 0 Å². The van der Waals surface area contributed by atoms with Crippen molar-refractivity contribution in [3.8, 4) is 11.5 Å².